The van der Waals surface area contributed by atoms with Gasteiger partial charge in [-0.2, -0.15) is 4.98 Å². The molecule has 1 unspecified atom stereocenters. The fraction of sp³-hybridized carbons (Fsp3) is 0.0625. The van der Waals surface area contributed by atoms with Crippen LogP contribution in [0.15, 0.2) is 65.8 Å². The molecule has 1 heterocycles. The number of nitrogens with two attached hydrogens (primary N) is 1. The number of hydrogen-bond acceptors (Lipinski definition) is 5. The second-order valence-corrected chi connectivity index (χ2v) is 5.71. The van der Waals surface area contributed by atoms with Crippen LogP contribution >= 0.6 is 11.8 Å². The van der Waals surface area contributed by atoms with Crippen molar-refractivity contribution in [2.24, 2.45) is 0 Å². The monoisotopic (exact) mass is 310 g/mol. The molecule has 0 fully saturated rings. The molecule has 0 bridgehead atoms. The van der Waals surface area contributed by atoms with E-state index < -0.39 is 5.25 Å². The van der Waals surface area contributed by atoms with E-state index >= 15 is 0 Å². The van der Waals surface area contributed by atoms with E-state index in [0.717, 1.165) is 5.56 Å². The zero-order valence-electron chi connectivity index (χ0n) is 11.6. The van der Waals surface area contributed by atoms with Crippen molar-refractivity contribution in [1.29, 1.82) is 0 Å². The Morgan fingerprint density at radius 1 is 1.05 bits per heavy atom. The van der Waals surface area contributed by atoms with Crippen LogP contribution in [-0.2, 0) is 0 Å². The maximum Gasteiger partial charge on any atom is 0.216 e. The topological polar surface area (TPSA) is 84.7 Å². The van der Waals surface area contributed by atoms with Gasteiger partial charge in [-0.25, -0.2) is 5.10 Å². The smallest absolute Gasteiger partial charge is 0.216 e. The van der Waals surface area contributed by atoms with Crippen LogP contribution in [0.2, 0.25) is 0 Å². The fourth-order valence-electron chi connectivity index (χ4n) is 2.07. The quantitative estimate of drug-likeness (QED) is 0.559. The minimum Gasteiger partial charge on any atom is -0.368 e. The van der Waals surface area contributed by atoms with Crippen molar-refractivity contribution in [3.8, 4) is 0 Å². The van der Waals surface area contributed by atoms with Gasteiger partial charge in [0.1, 0.15) is 5.25 Å². The van der Waals surface area contributed by atoms with Crippen molar-refractivity contribution in [1.82, 2.24) is 15.2 Å². The molecule has 3 N–H and O–H groups in total. The summed E-state index contributed by atoms with van der Waals surface area (Å²) in [6, 6.07) is 18.8. The van der Waals surface area contributed by atoms with Gasteiger partial charge in [0.05, 0.1) is 0 Å². The van der Waals surface area contributed by atoms with Crippen LogP contribution in [0.1, 0.15) is 21.2 Å². The van der Waals surface area contributed by atoms with Crippen LogP contribution in [0.3, 0.4) is 0 Å². The standard InChI is InChI=1S/C16H14N4OS/c17-15-18-16(20-19-15)22-14(12-9-5-2-6-10-12)13(21)11-7-3-1-4-8-11/h1-10,14H,(H3,17,18,19,20). The van der Waals surface area contributed by atoms with Crippen molar-refractivity contribution in [2.45, 2.75) is 10.4 Å². The van der Waals surface area contributed by atoms with Gasteiger partial charge < -0.3 is 5.73 Å². The number of H-pyrrole nitrogens is 1. The largest absolute Gasteiger partial charge is 0.368 e. The van der Waals surface area contributed by atoms with Gasteiger partial charge >= 0.3 is 0 Å². The Morgan fingerprint density at radius 2 is 1.68 bits per heavy atom. The van der Waals surface area contributed by atoms with E-state index in [1.54, 1.807) is 0 Å². The Balaban J connectivity index is 1.94. The molecule has 1 atom stereocenters. The maximum absolute atomic E-state index is 12.8. The first-order valence-corrected chi connectivity index (χ1v) is 7.61. The molecule has 0 spiro atoms. The first kappa shape index (κ1) is 14.3. The SMILES string of the molecule is Nc1nc(SC(C(=O)c2ccccc2)c2ccccc2)n[nH]1. The van der Waals surface area contributed by atoms with Gasteiger partial charge in [0.25, 0.3) is 0 Å². The summed E-state index contributed by atoms with van der Waals surface area (Å²) in [6.07, 6.45) is 0. The summed E-state index contributed by atoms with van der Waals surface area (Å²) < 4.78 is 0. The number of aromatic nitrogens is 3. The van der Waals surface area contributed by atoms with E-state index in [-0.39, 0.29) is 11.7 Å². The number of ketones is 1. The van der Waals surface area contributed by atoms with E-state index in [4.69, 9.17) is 5.73 Å². The number of anilines is 1. The minimum absolute atomic E-state index is 0.0140. The van der Waals surface area contributed by atoms with Crippen LogP contribution in [0.4, 0.5) is 5.95 Å². The lowest BCUT2D eigenvalue weighted by Crippen LogP contribution is -2.10. The first-order valence-electron chi connectivity index (χ1n) is 6.73. The van der Waals surface area contributed by atoms with E-state index in [2.05, 4.69) is 15.2 Å². The molecule has 3 rings (SSSR count). The van der Waals surface area contributed by atoms with Crippen molar-refractivity contribution >= 4 is 23.5 Å². The van der Waals surface area contributed by atoms with Crippen LogP contribution in [0, 0.1) is 0 Å². The Morgan fingerprint density at radius 3 is 2.27 bits per heavy atom. The van der Waals surface area contributed by atoms with Gasteiger partial charge in [-0.15, -0.1) is 5.10 Å². The molecule has 0 aliphatic carbocycles. The number of hydrogen-bond donors (Lipinski definition) is 2. The molecule has 1 aromatic heterocycles. The van der Waals surface area contributed by atoms with Crippen LogP contribution < -0.4 is 5.73 Å². The maximum atomic E-state index is 12.8. The van der Waals surface area contributed by atoms with Crippen LogP contribution in [0.25, 0.3) is 0 Å². The number of nitrogens with zero attached hydrogens (tertiary/aromatic N) is 2. The predicted octanol–water partition coefficient (Wildman–Crippen LogP) is 3.10. The molecular weight excluding hydrogens is 296 g/mol. The van der Waals surface area contributed by atoms with Gasteiger partial charge in [0.15, 0.2) is 5.78 Å². The summed E-state index contributed by atoms with van der Waals surface area (Å²) in [5.41, 5.74) is 7.12. The number of benzene rings is 2. The van der Waals surface area contributed by atoms with Gasteiger partial charge in [0, 0.05) is 5.56 Å². The second kappa shape index (κ2) is 6.44. The highest BCUT2D eigenvalue weighted by atomic mass is 32.2. The number of rotatable bonds is 5. The molecule has 2 aromatic carbocycles. The van der Waals surface area contributed by atoms with E-state index in [1.165, 1.54) is 11.8 Å². The molecule has 0 aliphatic rings. The number of nitrogens with one attached hydrogen (secondary N) is 1. The molecule has 0 amide bonds. The molecule has 0 aliphatic heterocycles. The molecule has 5 nitrogen and oxygen atoms in total. The lowest BCUT2D eigenvalue weighted by Gasteiger charge is -2.14. The Labute approximate surface area is 132 Å². The average Bonchev–Trinajstić information content (AvgIpc) is 2.99. The zero-order valence-corrected chi connectivity index (χ0v) is 12.5. The minimum atomic E-state index is -0.418. The van der Waals surface area contributed by atoms with Gasteiger partial charge in [-0.1, -0.05) is 72.4 Å². The fourth-order valence-corrected chi connectivity index (χ4v) is 3.07. The third-order valence-electron chi connectivity index (χ3n) is 3.10. The second-order valence-electron chi connectivity index (χ2n) is 4.64. The summed E-state index contributed by atoms with van der Waals surface area (Å²) in [5, 5.41) is 6.63. The summed E-state index contributed by atoms with van der Waals surface area (Å²) in [4.78, 5) is 16.9. The summed E-state index contributed by atoms with van der Waals surface area (Å²) in [5.74, 6) is 0.252. The number of thioether (sulfide) groups is 1. The summed E-state index contributed by atoms with van der Waals surface area (Å²) in [6.45, 7) is 0. The predicted molar refractivity (Wildman–Crippen MR) is 86.6 cm³/mol. The summed E-state index contributed by atoms with van der Waals surface area (Å²) in [7, 11) is 0. The lowest BCUT2D eigenvalue weighted by molar-refractivity contribution is 0.0989. The Kier molecular flexibility index (Phi) is 4.20. The van der Waals surface area contributed by atoms with E-state index in [0.29, 0.717) is 10.7 Å². The van der Waals surface area contributed by atoms with Gasteiger partial charge in [-0.3, -0.25) is 4.79 Å². The molecule has 22 heavy (non-hydrogen) atoms. The number of nitrogen functional groups attached to an aromatic ring is 1. The van der Waals surface area contributed by atoms with Crippen molar-refractivity contribution in [3.63, 3.8) is 0 Å². The summed E-state index contributed by atoms with van der Waals surface area (Å²) >= 11 is 1.28. The first-order chi connectivity index (χ1) is 10.7. The van der Waals surface area contributed by atoms with Crippen LogP contribution in [-0.4, -0.2) is 21.0 Å². The molecule has 3 aromatic rings. The number of Topliss-reactive ketones (excluding diaryl/α,β-unsaturated/α-hetero) is 1. The van der Waals surface area contributed by atoms with Crippen LogP contribution in [0.5, 0.6) is 0 Å². The van der Waals surface area contributed by atoms with Crippen molar-refractivity contribution < 1.29 is 4.79 Å². The Hall–Kier alpha value is -2.60. The highest BCUT2D eigenvalue weighted by Crippen LogP contribution is 2.36. The molecule has 6 heteroatoms. The Bertz CT molecular complexity index is 758. The third kappa shape index (κ3) is 3.17. The van der Waals surface area contributed by atoms with Crippen molar-refractivity contribution in [3.05, 3.63) is 71.8 Å². The molecule has 0 saturated heterocycles. The number of carbonyl (C=O) groups excluding carboxylic acids is 1. The lowest BCUT2D eigenvalue weighted by atomic mass is 10.0. The highest BCUT2D eigenvalue weighted by molar-refractivity contribution is 8.00. The molecule has 0 saturated carbocycles. The number of aromatic amines is 1. The molecular formula is C16H14N4OS. The van der Waals surface area contributed by atoms with Gasteiger partial charge in [0.2, 0.25) is 11.1 Å². The normalized spacial score (nSPS) is 12.0. The van der Waals surface area contributed by atoms with Gasteiger partial charge in [-0.05, 0) is 5.56 Å². The third-order valence-corrected chi connectivity index (χ3v) is 4.22. The highest BCUT2D eigenvalue weighted by Gasteiger charge is 2.24. The average molecular weight is 310 g/mol. The van der Waals surface area contributed by atoms with E-state index in [1.807, 2.05) is 60.7 Å². The molecule has 0 radical (unpaired) electrons. The number of carbonyl (C=O) groups is 1. The van der Waals surface area contributed by atoms with E-state index in [9.17, 15) is 4.79 Å². The van der Waals surface area contributed by atoms with Crippen molar-refractivity contribution in [2.75, 3.05) is 5.73 Å². The zero-order chi connectivity index (χ0) is 15.4. The molecule has 110 valence electrons.